The van der Waals surface area contributed by atoms with E-state index in [0.29, 0.717) is 10.6 Å². The van der Waals surface area contributed by atoms with E-state index < -0.39 is 17.7 Å². The first-order chi connectivity index (χ1) is 8.10. The molecule has 0 aromatic heterocycles. The topological polar surface area (TPSA) is 67.2 Å². The van der Waals surface area contributed by atoms with Gasteiger partial charge in [0.2, 0.25) is 0 Å². The predicted molar refractivity (Wildman–Crippen MR) is 61.4 cm³/mol. The zero-order chi connectivity index (χ0) is 12.8. The maximum absolute atomic E-state index is 11.6. The Labute approximate surface area is 104 Å². The molecule has 1 aromatic rings. The van der Waals surface area contributed by atoms with Crippen molar-refractivity contribution >= 4 is 23.4 Å². The first kappa shape index (κ1) is 13.2. The molecule has 0 saturated heterocycles. The molecule has 0 aliphatic heterocycles. The van der Waals surface area contributed by atoms with Crippen LogP contribution >= 0.6 is 11.6 Å². The number of carbonyl (C=O) groups is 2. The molecule has 0 radical (unpaired) electrons. The van der Waals surface area contributed by atoms with Crippen LogP contribution in [0.5, 0.6) is 0 Å². The molecule has 0 aliphatic carbocycles. The van der Waals surface area contributed by atoms with Crippen LogP contribution in [0.4, 0.5) is 0 Å². The van der Waals surface area contributed by atoms with E-state index in [9.17, 15) is 9.59 Å². The molecule has 0 unspecified atom stereocenters. The minimum absolute atomic E-state index is 0.0955. The zero-order valence-electron chi connectivity index (χ0n) is 9.14. The molecule has 17 heavy (non-hydrogen) atoms. The van der Waals surface area contributed by atoms with E-state index in [2.05, 4.69) is 4.74 Å². The highest BCUT2D eigenvalue weighted by Gasteiger charge is 2.27. The highest BCUT2D eigenvalue weighted by molar-refractivity contribution is 6.36. The second-order valence-electron chi connectivity index (χ2n) is 3.20. The van der Waals surface area contributed by atoms with Crippen LogP contribution in [0.25, 0.3) is 0 Å². The Bertz CT molecular complexity index is 479. The van der Waals surface area contributed by atoms with Crippen LogP contribution in [0.1, 0.15) is 18.4 Å². The third-order valence-corrected chi connectivity index (χ3v) is 2.29. The highest BCUT2D eigenvalue weighted by Crippen LogP contribution is 2.20. The van der Waals surface area contributed by atoms with Gasteiger partial charge in [0.15, 0.2) is 0 Å². The number of hydrogen-bond donors (Lipinski definition) is 0. The van der Waals surface area contributed by atoms with E-state index in [1.54, 1.807) is 31.2 Å². The standard InChI is InChI=1S/C12H10ClNO3/c1-2-17-12(16)11(15)10(7-14)8-4-3-5-9(13)6-8/h3-6,10H,2H2,1H3/t10-/m1/s1. The van der Waals surface area contributed by atoms with Crippen LogP contribution in [0.15, 0.2) is 24.3 Å². The number of nitrogens with zero attached hydrogens (tertiary/aromatic N) is 1. The lowest BCUT2D eigenvalue weighted by molar-refractivity contribution is -0.153. The zero-order valence-corrected chi connectivity index (χ0v) is 9.90. The number of halogens is 1. The molecule has 0 N–H and O–H groups in total. The van der Waals surface area contributed by atoms with Gasteiger partial charge in [-0.05, 0) is 24.6 Å². The van der Waals surface area contributed by atoms with E-state index >= 15 is 0 Å². The first-order valence-electron chi connectivity index (χ1n) is 4.96. The number of ether oxygens (including phenoxy) is 1. The van der Waals surface area contributed by atoms with Gasteiger partial charge in [0.05, 0.1) is 12.7 Å². The molecule has 0 spiro atoms. The van der Waals surface area contributed by atoms with Crippen LogP contribution in [-0.2, 0) is 14.3 Å². The number of benzene rings is 1. The Kier molecular flexibility index (Phi) is 4.68. The van der Waals surface area contributed by atoms with Crippen molar-refractivity contribution in [1.29, 1.82) is 5.26 Å². The molecule has 0 heterocycles. The summed E-state index contributed by atoms with van der Waals surface area (Å²) < 4.78 is 4.57. The maximum Gasteiger partial charge on any atom is 0.376 e. The van der Waals surface area contributed by atoms with Gasteiger partial charge in [-0.2, -0.15) is 5.26 Å². The van der Waals surface area contributed by atoms with Gasteiger partial charge in [-0.15, -0.1) is 0 Å². The molecule has 1 aromatic carbocycles. The van der Waals surface area contributed by atoms with Crippen LogP contribution < -0.4 is 0 Å². The molecular formula is C12H10ClNO3. The molecule has 4 nitrogen and oxygen atoms in total. The molecule has 0 aliphatic rings. The lowest BCUT2D eigenvalue weighted by atomic mass is 9.96. The number of hydrogen-bond acceptors (Lipinski definition) is 4. The molecular weight excluding hydrogens is 242 g/mol. The maximum atomic E-state index is 11.6. The molecule has 1 atom stereocenters. The number of nitriles is 1. The minimum Gasteiger partial charge on any atom is -0.460 e. The summed E-state index contributed by atoms with van der Waals surface area (Å²) in [4.78, 5) is 22.9. The van der Waals surface area contributed by atoms with Gasteiger partial charge in [-0.1, -0.05) is 23.7 Å². The van der Waals surface area contributed by atoms with Crippen molar-refractivity contribution < 1.29 is 14.3 Å². The molecule has 5 heteroatoms. The average molecular weight is 252 g/mol. The quantitative estimate of drug-likeness (QED) is 0.607. The number of rotatable bonds is 4. The van der Waals surface area contributed by atoms with Gasteiger partial charge in [0.1, 0.15) is 5.92 Å². The first-order valence-corrected chi connectivity index (χ1v) is 5.34. The molecule has 0 amide bonds. The largest absolute Gasteiger partial charge is 0.460 e. The van der Waals surface area contributed by atoms with E-state index in [-0.39, 0.29) is 6.61 Å². The summed E-state index contributed by atoms with van der Waals surface area (Å²) in [5.74, 6) is -3.05. The van der Waals surface area contributed by atoms with Gasteiger partial charge in [0.25, 0.3) is 5.78 Å². The normalized spacial score (nSPS) is 11.4. The fourth-order valence-corrected chi connectivity index (χ4v) is 1.49. The SMILES string of the molecule is CCOC(=O)C(=O)[C@H](C#N)c1cccc(Cl)c1. The van der Waals surface area contributed by atoms with Crippen molar-refractivity contribution in [3.8, 4) is 6.07 Å². The molecule has 0 bridgehead atoms. The van der Waals surface area contributed by atoms with Gasteiger partial charge in [-0.25, -0.2) is 4.79 Å². The van der Waals surface area contributed by atoms with Crippen molar-refractivity contribution in [1.82, 2.24) is 0 Å². The lowest BCUT2D eigenvalue weighted by Gasteiger charge is -2.07. The Balaban J connectivity index is 2.97. The fourth-order valence-electron chi connectivity index (χ4n) is 1.29. The number of ketones is 1. The van der Waals surface area contributed by atoms with Crippen molar-refractivity contribution in [3.05, 3.63) is 34.9 Å². The monoisotopic (exact) mass is 251 g/mol. The summed E-state index contributed by atoms with van der Waals surface area (Å²) in [5.41, 5.74) is 0.387. The van der Waals surface area contributed by atoms with E-state index in [4.69, 9.17) is 16.9 Å². The smallest absolute Gasteiger partial charge is 0.376 e. The molecule has 88 valence electrons. The Morgan fingerprint density at radius 1 is 1.53 bits per heavy atom. The Hall–Kier alpha value is -1.86. The summed E-state index contributed by atoms with van der Waals surface area (Å²) in [6, 6.07) is 8.05. The summed E-state index contributed by atoms with van der Waals surface area (Å²) in [6.07, 6.45) is 0. The van der Waals surface area contributed by atoms with Crippen molar-refractivity contribution in [2.24, 2.45) is 0 Å². The van der Waals surface area contributed by atoms with Crippen LogP contribution in [0.3, 0.4) is 0 Å². The second kappa shape index (κ2) is 6.02. The number of carbonyl (C=O) groups excluding carboxylic acids is 2. The lowest BCUT2D eigenvalue weighted by Crippen LogP contribution is -2.23. The third kappa shape index (κ3) is 3.30. The van der Waals surface area contributed by atoms with Crippen molar-refractivity contribution in [2.45, 2.75) is 12.8 Å². The minimum atomic E-state index is -1.17. The van der Waals surface area contributed by atoms with Gasteiger partial charge >= 0.3 is 5.97 Å². The molecule has 0 fully saturated rings. The number of esters is 1. The summed E-state index contributed by atoms with van der Waals surface area (Å²) in [6.45, 7) is 1.68. The highest BCUT2D eigenvalue weighted by atomic mass is 35.5. The van der Waals surface area contributed by atoms with Gasteiger partial charge in [-0.3, -0.25) is 4.79 Å². The van der Waals surface area contributed by atoms with E-state index in [0.717, 1.165) is 0 Å². The van der Waals surface area contributed by atoms with Crippen LogP contribution in [0, 0.1) is 11.3 Å². The second-order valence-corrected chi connectivity index (χ2v) is 3.64. The number of Topliss-reactive ketones (excluding diaryl/α,β-unsaturated/α-hetero) is 1. The third-order valence-electron chi connectivity index (χ3n) is 2.05. The van der Waals surface area contributed by atoms with E-state index in [1.165, 1.54) is 6.07 Å². The van der Waals surface area contributed by atoms with E-state index in [1.807, 2.05) is 0 Å². The Morgan fingerprint density at radius 2 is 2.24 bits per heavy atom. The predicted octanol–water partition coefficient (Wildman–Crippen LogP) is 2.08. The molecule has 1 rings (SSSR count). The summed E-state index contributed by atoms with van der Waals surface area (Å²) in [5, 5.41) is 9.34. The summed E-state index contributed by atoms with van der Waals surface area (Å²) in [7, 11) is 0. The van der Waals surface area contributed by atoms with Crippen LogP contribution in [-0.4, -0.2) is 18.4 Å². The van der Waals surface area contributed by atoms with Crippen LogP contribution in [0.2, 0.25) is 5.02 Å². The fraction of sp³-hybridized carbons (Fsp3) is 0.250. The van der Waals surface area contributed by atoms with Gasteiger partial charge in [0, 0.05) is 5.02 Å². The van der Waals surface area contributed by atoms with Crippen molar-refractivity contribution in [2.75, 3.05) is 6.61 Å². The Morgan fingerprint density at radius 3 is 2.76 bits per heavy atom. The van der Waals surface area contributed by atoms with Gasteiger partial charge < -0.3 is 4.74 Å². The average Bonchev–Trinajstić information content (AvgIpc) is 2.30. The summed E-state index contributed by atoms with van der Waals surface area (Å²) >= 11 is 5.75. The molecule has 0 saturated carbocycles. The van der Waals surface area contributed by atoms with Crippen molar-refractivity contribution in [3.63, 3.8) is 0 Å².